The molecule has 0 aromatic rings. The first-order valence-electron chi connectivity index (χ1n) is 5.43. The quantitative estimate of drug-likeness (QED) is 0.632. The first-order valence-corrected chi connectivity index (χ1v) is 5.43. The van der Waals surface area contributed by atoms with Crippen molar-refractivity contribution in [3.63, 3.8) is 0 Å². The van der Waals surface area contributed by atoms with Crippen LogP contribution in [0.1, 0.15) is 26.2 Å². The van der Waals surface area contributed by atoms with E-state index in [-0.39, 0.29) is 6.61 Å². The van der Waals surface area contributed by atoms with Crippen LogP contribution < -0.4 is 5.32 Å². The van der Waals surface area contributed by atoms with Crippen LogP contribution in [0.15, 0.2) is 0 Å². The minimum atomic E-state index is 0.260. The van der Waals surface area contributed by atoms with Gasteiger partial charge in [-0.1, -0.05) is 6.92 Å². The molecule has 3 nitrogen and oxygen atoms in total. The Morgan fingerprint density at radius 3 is 2.62 bits per heavy atom. The van der Waals surface area contributed by atoms with Crippen LogP contribution in [-0.2, 0) is 0 Å². The minimum absolute atomic E-state index is 0.260. The predicted octanol–water partition coefficient (Wildman–Crippen LogP) is 0.443. The second-order valence-electron chi connectivity index (χ2n) is 3.79. The van der Waals surface area contributed by atoms with Crippen molar-refractivity contribution in [3.05, 3.63) is 0 Å². The van der Waals surface area contributed by atoms with Crippen LogP contribution in [0.25, 0.3) is 0 Å². The summed E-state index contributed by atoms with van der Waals surface area (Å²) < 4.78 is 0. The van der Waals surface area contributed by atoms with E-state index in [0.29, 0.717) is 6.04 Å². The molecule has 0 aromatic heterocycles. The van der Waals surface area contributed by atoms with Gasteiger partial charge < -0.3 is 15.3 Å². The fourth-order valence-corrected chi connectivity index (χ4v) is 1.77. The maximum absolute atomic E-state index is 8.94. The first-order chi connectivity index (χ1) is 6.36. The Labute approximate surface area is 81.1 Å². The SMILES string of the molecule is CCC(CO)NCCN1CCCC1. The third-order valence-electron chi connectivity index (χ3n) is 2.77. The van der Waals surface area contributed by atoms with E-state index in [2.05, 4.69) is 17.1 Å². The van der Waals surface area contributed by atoms with Gasteiger partial charge in [0.1, 0.15) is 0 Å². The number of rotatable bonds is 6. The standard InChI is InChI=1S/C10H22N2O/c1-2-10(9-13)11-5-8-12-6-3-4-7-12/h10-11,13H,2-9H2,1H3. The summed E-state index contributed by atoms with van der Waals surface area (Å²) in [6.07, 6.45) is 3.73. The molecule has 1 aliphatic rings. The maximum atomic E-state index is 8.94. The molecule has 0 spiro atoms. The van der Waals surface area contributed by atoms with E-state index in [0.717, 1.165) is 19.5 Å². The van der Waals surface area contributed by atoms with Crippen LogP contribution in [0.3, 0.4) is 0 Å². The van der Waals surface area contributed by atoms with Crippen LogP contribution in [0.2, 0.25) is 0 Å². The lowest BCUT2D eigenvalue weighted by molar-refractivity contribution is 0.232. The summed E-state index contributed by atoms with van der Waals surface area (Å²) in [6.45, 7) is 7.03. The van der Waals surface area contributed by atoms with E-state index in [1.165, 1.54) is 25.9 Å². The van der Waals surface area contributed by atoms with Crippen LogP contribution >= 0.6 is 0 Å². The zero-order valence-electron chi connectivity index (χ0n) is 8.63. The average Bonchev–Trinajstić information content (AvgIpc) is 2.65. The Bertz CT molecular complexity index is 118. The topological polar surface area (TPSA) is 35.5 Å². The van der Waals surface area contributed by atoms with Crippen molar-refractivity contribution in [2.45, 2.75) is 32.2 Å². The van der Waals surface area contributed by atoms with E-state index in [4.69, 9.17) is 5.11 Å². The van der Waals surface area contributed by atoms with Gasteiger partial charge in [-0.15, -0.1) is 0 Å². The number of aliphatic hydroxyl groups is 1. The Balaban J connectivity index is 1.98. The van der Waals surface area contributed by atoms with Crippen molar-refractivity contribution in [2.24, 2.45) is 0 Å². The molecule has 0 radical (unpaired) electrons. The number of likely N-dealkylation sites (tertiary alicyclic amines) is 1. The lowest BCUT2D eigenvalue weighted by Crippen LogP contribution is -2.37. The molecule has 1 aliphatic heterocycles. The lowest BCUT2D eigenvalue weighted by atomic mass is 10.2. The predicted molar refractivity (Wildman–Crippen MR) is 54.8 cm³/mol. The van der Waals surface area contributed by atoms with Crippen LogP contribution in [0, 0.1) is 0 Å². The molecule has 13 heavy (non-hydrogen) atoms. The average molecular weight is 186 g/mol. The lowest BCUT2D eigenvalue weighted by Gasteiger charge is -2.18. The second-order valence-corrected chi connectivity index (χ2v) is 3.79. The van der Waals surface area contributed by atoms with Crippen molar-refractivity contribution < 1.29 is 5.11 Å². The molecule has 1 fully saturated rings. The van der Waals surface area contributed by atoms with E-state index < -0.39 is 0 Å². The molecule has 0 bridgehead atoms. The second kappa shape index (κ2) is 6.35. The highest BCUT2D eigenvalue weighted by Crippen LogP contribution is 2.05. The highest BCUT2D eigenvalue weighted by molar-refractivity contribution is 4.69. The highest BCUT2D eigenvalue weighted by atomic mass is 16.3. The molecule has 0 amide bonds. The summed E-state index contributed by atoms with van der Waals surface area (Å²) in [5, 5.41) is 12.3. The molecule has 3 heteroatoms. The first kappa shape index (κ1) is 11.0. The Hall–Kier alpha value is -0.120. The van der Waals surface area contributed by atoms with Gasteiger partial charge in [0, 0.05) is 19.1 Å². The molecule has 1 rings (SSSR count). The summed E-state index contributed by atoms with van der Waals surface area (Å²) in [5.41, 5.74) is 0. The Kier molecular flexibility index (Phi) is 5.35. The number of hydrogen-bond donors (Lipinski definition) is 2. The van der Waals surface area contributed by atoms with E-state index in [9.17, 15) is 0 Å². The summed E-state index contributed by atoms with van der Waals surface area (Å²) >= 11 is 0. The van der Waals surface area contributed by atoms with Gasteiger partial charge in [0.2, 0.25) is 0 Å². The van der Waals surface area contributed by atoms with Crippen molar-refractivity contribution in [2.75, 3.05) is 32.8 Å². The van der Waals surface area contributed by atoms with E-state index in [1.54, 1.807) is 0 Å². The van der Waals surface area contributed by atoms with Crippen molar-refractivity contribution >= 4 is 0 Å². The zero-order chi connectivity index (χ0) is 9.52. The molecule has 1 heterocycles. The van der Waals surface area contributed by atoms with E-state index >= 15 is 0 Å². The van der Waals surface area contributed by atoms with Gasteiger partial charge in [-0.2, -0.15) is 0 Å². The largest absolute Gasteiger partial charge is 0.395 e. The zero-order valence-corrected chi connectivity index (χ0v) is 8.63. The number of aliphatic hydroxyl groups excluding tert-OH is 1. The molecular formula is C10H22N2O. The number of nitrogens with one attached hydrogen (secondary N) is 1. The molecule has 0 saturated carbocycles. The van der Waals surface area contributed by atoms with Gasteiger partial charge in [-0.3, -0.25) is 0 Å². The molecule has 0 aromatic carbocycles. The van der Waals surface area contributed by atoms with Gasteiger partial charge in [-0.25, -0.2) is 0 Å². The van der Waals surface area contributed by atoms with Crippen molar-refractivity contribution in [3.8, 4) is 0 Å². The van der Waals surface area contributed by atoms with Crippen molar-refractivity contribution in [1.82, 2.24) is 10.2 Å². The Morgan fingerprint density at radius 1 is 1.38 bits per heavy atom. The summed E-state index contributed by atoms with van der Waals surface area (Å²) in [5.74, 6) is 0. The van der Waals surface area contributed by atoms with Crippen LogP contribution in [-0.4, -0.2) is 48.8 Å². The molecule has 0 aliphatic carbocycles. The monoisotopic (exact) mass is 186 g/mol. The smallest absolute Gasteiger partial charge is 0.0584 e. The van der Waals surface area contributed by atoms with Gasteiger partial charge >= 0.3 is 0 Å². The fraction of sp³-hybridized carbons (Fsp3) is 1.00. The maximum Gasteiger partial charge on any atom is 0.0584 e. The highest BCUT2D eigenvalue weighted by Gasteiger charge is 2.11. The molecule has 1 atom stereocenters. The molecule has 78 valence electrons. The minimum Gasteiger partial charge on any atom is -0.395 e. The van der Waals surface area contributed by atoms with E-state index in [1.807, 2.05) is 0 Å². The molecule has 1 saturated heterocycles. The third-order valence-corrected chi connectivity index (χ3v) is 2.77. The van der Waals surface area contributed by atoms with Crippen LogP contribution in [0.5, 0.6) is 0 Å². The summed E-state index contributed by atoms with van der Waals surface area (Å²) in [7, 11) is 0. The van der Waals surface area contributed by atoms with Gasteiger partial charge in [0.05, 0.1) is 6.61 Å². The number of nitrogens with zero attached hydrogens (tertiary/aromatic N) is 1. The number of hydrogen-bond acceptors (Lipinski definition) is 3. The fourth-order valence-electron chi connectivity index (χ4n) is 1.77. The van der Waals surface area contributed by atoms with Gasteiger partial charge in [0.25, 0.3) is 0 Å². The van der Waals surface area contributed by atoms with Crippen LogP contribution in [0.4, 0.5) is 0 Å². The third kappa shape index (κ3) is 4.07. The van der Waals surface area contributed by atoms with Gasteiger partial charge in [-0.05, 0) is 32.4 Å². The normalized spacial score (nSPS) is 20.8. The van der Waals surface area contributed by atoms with Gasteiger partial charge in [0.15, 0.2) is 0 Å². The summed E-state index contributed by atoms with van der Waals surface area (Å²) in [4.78, 5) is 2.48. The molecular weight excluding hydrogens is 164 g/mol. The summed E-state index contributed by atoms with van der Waals surface area (Å²) in [6, 6.07) is 0.294. The molecule has 2 N–H and O–H groups in total. The molecule has 1 unspecified atom stereocenters. The van der Waals surface area contributed by atoms with Crippen molar-refractivity contribution in [1.29, 1.82) is 0 Å². The Morgan fingerprint density at radius 2 is 2.08 bits per heavy atom.